The fraction of sp³-hybridized carbons (Fsp3) is 0.765. The molecular formula is C17H28N2O2. The molecule has 0 atom stereocenters. The molecule has 0 aromatic rings. The lowest BCUT2D eigenvalue weighted by atomic mass is 10.1. The first-order valence-corrected chi connectivity index (χ1v) is 8.12. The van der Waals surface area contributed by atoms with Gasteiger partial charge in [0.25, 0.3) is 0 Å². The van der Waals surface area contributed by atoms with Crippen LogP contribution in [0, 0.1) is 12.3 Å². The molecule has 0 radical (unpaired) electrons. The van der Waals surface area contributed by atoms with E-state index in [1.54, 1.807) is 0 Å². The molecule has 0 aromatic heterocycles. The van der Waals surface area contributed by atoms with Crippen LogP contribution in [-0.4, -0.2) is 54.2 Å². The largest absolute Gasteiger partial charge is 0.340 e. The summed E-state index contributed by atoms with van der Waals surface area (Å²) in [5.41, 5.74) is 0. The van der Waals surface area contributed by atoms with Gasteiger partial charge >= 0.3 is 0 Å². The van der Waals surface area contributed by atoms with Crippen molar-refractivity contribution in [1.29, 1.82) is 0 Å². The minimum atomic E-state index is 0.264. The van der Waals surface area contributed by atoms with Crippen molar-refractivity contribution in [2.45, 2.75) is 51.9 Å². The topological polar surface area (TPSA) is 40.6 Å². The van der Waals surface area contributed by atoms with Gasteiger partial charge in [0.1, 0.15) is 5.78 Å². The minimum absolute atomic E-state index is 0.264. The van der Waals surface area contributed by atoms with Gasteiger partial charge in [-0.2, -0.15) is 0 Å². The highest BCUT2D eigenvalue weighted by atomic mass is 16.2. The number of rotatable bonds is 9. The van der Waals surface area contributed by atoms with Crippen LogP contribution in [0.1, 0.15) is 51.9 Å². The molecule has 118 valence electrons. The molecule has 0 aliphatic carbocycles. The third-order valence-electron chi connectivity index (χ3n) is 4.03. The molecule has 1 rings (SSSR count). The second kappa shape index (κ2) is 10.4. The van der Waals surface area contributed by atoms with Gasteiger partial charge in [0.2, 0.25) is 5.91 Å². The summed E-state index contributed by atoms with van der Waals surface area (Å²) >= 11 is 0. The molecule has 1 saturated heterocycles. The standard InChI is InChI=1S/C17H28N2O2/c1-3-11-18-12-14-19(15-13-18)17(21)10-8-6-5-7-9-16(20)4-2/h1H,4-15H2,2H3. The van der Waals surface area contributed by atoms with Crippen LogP contribution in [0.3, 0.4) is 0 Å². The highest BCUT2D eigenvalue weighted by molar-refractivity contribution is 5.78. The van der Waals surface area contributed by atoms with Crippen LogP contribution in [0.25, 0.3) is 0 Å². The molecule has 1 heterocycles. The van der Waals surface area contributed by atoms with E-state index >= 15 is 0 Å². The van der Waals surface area contributed by atoms with Crippen LogP contribution in [0.15, 0.2) is 0 Å². The van der Waals surface area contributed by atoms with Crippen molar-refractivity contribution in [3.8, 4) is 12.3 Å². The number of ketones is 1. The van der Waals surface area contributed by atoms with Crippen molar-refractivity contribution in [3.05, 3.63) is 0 Å². The van der Waals surface area contributed by atoms with Crippen molar-refractivity contribution in [2.75, 3.05) is 32.7 Å². The van der Waals surface area contributed by atoms with E-state index in [0.29, 0.717) is 31.6 Å². The normalized spacial score (nSPS) is 15.7. The smallest absolute Gasteiger partial charge is 0.222 e. The fourth-order valence-corrected chi connectivity index (χ4v) is 2.57. The predicted octanol–water partition coefficient (Wildman–Crippen LogP) is 2.08. The van der Waals surface area contributed by atoms with Gasteiger partial charge in [0.15, 0.2) is 0 Å². The van der Waals surface area contributed by atoms with Crippen molar-refractivity contribution >= 4 is 11.7 Å². The first-order chi connectivity index (χ1) is 10.2. The lowest BCUT2D eigenvalue weighted by molar-refractivity contribution is -0.133. The Bertz CT molecular complexity index is 365. The van der Waals surface area contributed by atoms with Crippen LogP contribution in [-0.2, 0) is 9.59 Å². The first kappa shape index (κ1) is 17.7. The number of carbonyl (C=O) groups excluding carboxylic acids is 2. The van der Waals surface area contributed by atoms with Crippen molar-refractivity contribution in [2.24, 2.45) is 0 Å². The Kier molecular flexibility index (Phi) is 8.77. The zero-order valence-electron chi connectivity index (χ0n) is 13.3. The zero-order chi connectivity index (χ0) is 15.5. The summed E-state index contributed by atoms with van der Waals surface area (Å²) in [6, 6.07) is 0. The third-order valence-corrected chi connectivity index (χ3v) is 4.03. The number of hydrogen-bond acceptors (Lipinski definition) is 3. The maximum absolute atomic E-state index is 12.1. The van der Waals surface area contributed by atoms with E-state index in [4.69, 9.17) is 6.42 Å². The van der Waals surface area contributed by atoms with Crippen LogP contribution >= 0.6 is 0 Å². The van der Waals surface area contributed by atoms with Crippen molar-refractivity contribution < 1.29 is 9.59 Å². The Balaban J connectivity index is 2.04. The molecule has 0 N–H and O–H groups in total. The number of unbranched alkanes of at least 4 members (excludes halogenated alkanes) is 3. The Hall–Kier alpha value is -1.34. The number of carbonyl (C=O) groups is 2. The van der Waals surface area contributed by atoms with Gasteiger partial charge in [0.05, 0.1) is 6.54 Å². The van der Waals surface area contributed by atoms with Crippen molar-refractivity contribution in [1.82, 2.24) is 9.80 Å². The molecule has 0 unspecified atom stereocenters. The summed E-state index contributed by atoms with van der Waals surface area (Å²) in [5, 5.41) is 0. The maximum Gasteiger partial charge on any atom is 0.222 e. The summed E-state index contributed by atoms with van der Waals surface area (Å²) in [7, 11) is 0. The molecule has 1 amide bonds. The minimum Gasteiger partial charge on any atom is -0.340 e. The monoisotopic (exact) mass is 292 g/mol. The second-order valence-corrected chi connectivity index (χ2v) is 5.67. The van der Waals surface area contributed by atoms with Gasteiger partial charge in [-0.25, -0.2) is 0 Å². The predicted molar refractivity (Wildman–Crippen MR) is 84.9 cm³/mol. The SMILES string of the molecule is C#CCN1CCN(C(=O)CCCCCCC(=O)CC)CC1. The zero-order valence-corrected chi connectivity index (χ0v) is 13.3. The van der Waals surface area contributed by atoms with E-state index in [9.17, 15) is 9.59 Å². The second-order valence-electron chi connectivity index (χ2n) is 5.67. The van der Waals surface area contributed by atoms with Gasteiger partial charge in [-0.15, -0.1) is 6.42 Å². The van der Waals surface area contributed by atoms with E-state index in [1.807, 2.05) is 11.8 Å². The van der Waals surface area contributed by atoms with Gasteiger partial charge in [-0.05, 0) is 12.8 Å². The van der Waals surface area contributed by atoms with Gasteiger partial charge in [0, 0.05) is 45.4 Å². The molecule has 21 heavy (non-hydrogen) atoms. The number of nitrogens with zero attached hydrogens (tertiary/aromatic N) is 2. The van der Waals surface area contributed by atoms with Gasteiger partial charge in [-0.3, -0.25) is 14.5 Å². The quantitative estimate of drug-likeness (QED) is 0.482. The highest BCUT2D eigenvalue weighted by Crippen LogP contribution is 2.10. The van der Waals surface area contributed by atoms with Crippen LogP contribution in [0.2, 0.25) is 0 Å². The van der Waals surface area contributed by atoms with Crippen molar-refractivity contribution in [3.63, 3.8) is 0 Å². The average Bonchev–Trinajstić information content (AvgIpc) is 2.51. The average molecular weight is 292 g/mol. The van der Waals surface area contributed by atoms with E-state index < -0.39 is 0 Å². The molecule has 1 fully saturated rings. The Labute approximate surface area is 128 Å². The molecular weight excluding hydrogens is 264 g/mol. The summed E-state index contributed by atoms with van der Waals surface area (Å²) in [6.45, 7) is 5.95. The number of piperazine rings is 1. The number of hydrogen-bond donors (Lipinski definition) is 0. The lowest BCUT2D eigenvalue weighted by Crippen LogP contribution is -2.48. The molecule has 0 bridgehead atoms. The van der Waals surface area contributed by atoms with Gasteiger partial charge in [-0.1, -0.05) is 25.7 Å². The summed E-state index contributed by atoms with van der Waals surface area (Å²) in [5.74, 6) is 3.25. The summed E-state index contributed by atoms with van der Waals surface area (Å²) in [4.78, 5) is 27.4. The van der Waals surface area contributed by atoms with Gasteiger partial charge < -0.3 is 4.90 Å². The number of Topliss-reactive ketones (excluding diaryl/α,β-unsaturated/α-hetero) is 1. The van der Waals surface area contributed by atoms with E-state index in [1.165, 1.54) is 0 Å². The molecule has 0 spiro atoms. The summed E-state index contributed by atoms with van der Waals surface area (Å²) in [6.07, 6.45) is 11.3. The van der Waals surface area contributed by atoms with Crippen LogP contribution < -0.4 is 0 Å². The molecule has 1 aliphatic heterocycles. The molecule has 4 nitrogen and oxygen atoms in total. The molecule has 4 heteroatoms. The van der Waals surface area contributed by atoms with E-state index in [-0.39, 0.29) is 5.91 Å². The van der Waals surface area contributed by atoms with Crippen LogP contribution in [0.5, 0.6) is 0 Å². The van der Waals surface area contributed by atoms with Crippen LogP contribution in [0.4, 0.5) is 0 Å². The van der Waals surface area contributed by atoms with E-state index in [0.717, 1.165) is 51.9 Å². The Morgan fingerprint density at radius 1 is 1.00 bits per heavy atom. The Morgan fingerprint density at radius 2 is 1.62 bits per heavy atom. The maximum atomic E-state index is 12.1. The fourth-order valence-electron chi connectivity index (χ4n) is 2.57. The molecule has 0 aromatic carbocycles. The molecule has 0 saturated carbocycles. The summed E-state index contributed by atoms with van der Waals surface area (Å²) < 4.78 is 0. The number of terminal acetylenes is 1. The Morgan fingerprint density at radius 3 is 2.19 bits per heavy atom. The van der Waals surface area contributed by atoms with E-state index in [2.05, 4.69) is 10.8 Å². The third kappa shape index (κ3) is 7.29. The highest BCUT2D eigenvalue weighted by Gasteiger charge is 2.19. The number of amides is 1. The molecule has 1 aliphatic rings. The first-order valence-electron chi connectivity index (χ1n) is 8.12. The lowest BCUT2D eigenvalue weighted by Gasteiger charge is -2.33.